The number of nitrogens with one attached hydrogen (secondary N) is 2. The van der Waals surface area contributed by atoms with Crippen molar-refractivity contribution in [3.05, 3.63) is 120 Å². The molecular weight excluding hydrogens is 422 g/mol. The molecular formula is C25H21N3O3S. The fourth-order valence-electron chi connectivity index (χ4n) is 3.20. The minimum absolute atomic E-state index is 0.0999. The number of hydrogen-bond donors (Lipinski definition) is 2. The van der Waals surface area contributed by atoms with Crippen LogP contribution in [0.15, 0.2) is 108 Å². The Labute approximate surface area is 187 Å². The highest BCUT2D eigenvalue weighted by Crippen LogP contribution is 2.23. The third-order valence-electron chi connectivity index (χ3n) is 4.82. The number of para-hydroxylation sites is 1. The van der Waals surface area contributed by atoms with Crippen LogP contribution in [0, 0.1) is 0 Å². The van der Waals surface area contributed by atoms with Crippen molar-refractivity contribution in [2.45, 2.75) is 11.3 Å². The molecule has 0 aliphatic heterocycles. The first-order valence-corrected chi connectivity index (χ1v) is 11.5. The number of pyridine rings is 1. The lowest BCUT2D eigenvalue weighted by molar-refractivity contribution is 0.102. The Hall–Kier alpha value is -3.97. The molecule has 4 aromatic rings. The molecule has 7 heteroatoms. The fourth-order valence-corrected chi connectivity index (χ4v) is 4.30. The van der Waals surface area contributed by atoms with Crippen LogP contribution in [0.1, 0.15) is 21.6 Å². The standard InChI is InChI=1S/C25H21N3O3S/c29-25(24-12-6-7-17-26-24)27-21-13-15-22(16-14-21)32(30,31)28-23-11-5-4-10-20(23)18-19-8-2-1-3-9-19/h1-17,28H,18H2,(H,27,29). The lowest BCUT2D eigenvalue weighted by Crippen LogP contribution is -2.15. The summed E-state index contributed by atoms with van der Waals surface area (Å²) in [5.41, 5.74) is 3.25. The van der Waals surface area contributed by atoms with Crippen LogP contribution >= 0.6 is 0 Å². The molecule has 0 radical (unpaired) electrons. The summed E-state index contributed by atoms with van der Waals surface area (Å²) in [4.78, 5) is 16.3. The summed E-state index contributed by atoms with van der Waals surface area (Å²) >= 11 is 0. The number of aromatic nitrogens is 1. The van der Waals surface area contributed by atoms with Gasteiger partial charge in [-0.25, -0.2) is 8.42 Å². The molecule has 4 rings (SSSR count). The Kier molecular flexibility index (Phi) is 6.28. The van der Waals surface area contributed by atoms with Crippen LogP contribution in [-0.2, 0) is 16.4 Å². The van der Waals surface area contributed by atoms with Crippen LogP contribution in [0.25, 0.3) is 0 Å². The van der Waals surface area contributed by atoms with Crippen molar-refractivity contribution in [3.63, 3.8) is 0 Å². The first-order valence-electron chi connectivity index (χ1n) is 9.98. The summed E-state index contributed by atoms with van der Waals surface area (Å²) in [6.45, 7) is 0. The van der Waals surface area contributed by atoms with Gasteiger partial charge in [0.25, 0.3) is 15.9 Å². The molecule has 0 saturated carbocycles. The van der Waals surface area contributed by atoms with Gasteiger partial charge in [0.2, 0.25) is 0 Å². The highest BCUT2D eigenvalue weighted by Gasteiger charge is 2.16. The van der Waals surface area contributed by atoms with Gasteiger partial charge in [0.05, 0.1) is 10.6 Å². The molecule has 0 bridgehead atoms. The molecule has 0 spiro atoms. The van der Waals surface area contributed by atoms with E-state index in [2.05, 4.69) is 15.0 Å². The van der Waals surface area contributed by atoms with E-state index in [-0.39, 0.29) is 16.5 Å². The minimum atomic E-state index is -3.80. The average Bonchev–Trinajstić information content (AvgIpc) is 2.82. The Morgan fingerprint density at radius 1 is 0.781 bits per heavy atom. The Balaban J connectivity index is 1.49. The molecule has 0 aliphatic rings. The van der Waals surface area contributed by atoms with Gasteiger partial charge in [-0.05, 0) is 60.0 Å². The Bertz CT molecular complexity index is 1310. The molecule has 0 fully saturated rings. The fraction of sp³-hybridized carbons (Fsp3) is 0.0400. The number of nitrogens with zero attached hydrogens (tertiary/aromatic N) is 1. The Morgan fingerprint density at radius 3 is 2.19 bits per heavy atom. The third kappa shape index (κ3) is 5.19. The van der Waals surface area contributed by atoms with Crippen LogP contribution in [0.4, 0.5) is 11.4 Å². The number of anilines is 2. The van der Waals surface area contributed by atoms with Crippen molar-refractivity contribution < 1.29 is 13.2 Å². The molecule has 1 amide bonds. The lowest BCUT2D eigenvalue weighted by atomic mass is 10.0. The van der Waals surface area contributed by atoms with Crippen molar-refractivity contribution >= 4 is 27.3 Å². The van der Waals surface area contributed by atoms with E-state index in [0.717, 1.165) is 11.1 Å². The topological polar surface area (TPSA) is 88.2 Å². The number of rotatable bonds is 7. The molecule has 1 heterocycles. The molecule has 1 aromatic heterocycles. The minimum Gasteiger partial charge on any atom is -0.321 e. The van der Waals surface area contributed by atoms with Gasteiger partial charge in [-0.2, -0.15) is 0 Å². The van der Waals surface area contributed by atoms with E-state index in [1.54, 1.807) is 42.5 Å². The summed E-state index contributed by atoms with van der Waals surface area (Å²) < 4.78 is 28.6. The van der Waals surface area contributed by atoms with E-state index in [1.165, 1.54) is 18.3 Å². The van der Waals surface area contributed by atoms with Gasteiger partial charge in [0, 0.05) is 11.9 Å². The van der Waals surface area contributed by atoms with Crippen molar-refractivity contribution in [3.8, 4) is 0 Å². The van der Waals surface area contributed by atoms with Crippen LogP contribution in [0.5, 0.6) is 0 Å². The summed E-state index contributed by atoms with van der Waals surface area (Å²) in [7, 11) is -3.80. The van der Waals surface area contributed by atoms with Gasteiger partial charge < -0.3 is 5.32 Å². The molecule has 2 N–H and O–H groups in total. The molecule has 3 aromatic carbocycles. The van der Waals surface area contributed by atoms with E-state index >= 15 is 0 Å². The van der Waals surface area contributed by atoms with Gasteiger partial charge in [-0.15, -0.1) is 0 Å². The zero-order valence-electron chi connectivity index (χ0n) is 17.1. The second-order valence-corrected chi connectivity index (χ2v) is 8.80. The first kappa shape index (κ1) is 21.3. The number of carbonyl (C=O) groups is 1. The van der Waals surface area contributed by atoms with Gasteiger partial charge in [-0.3, -0.25) is 14.5 Å². The van der Waals surface area contributed by atoms with E-state index in [9.17, 15) is 13.2 Å². The van der Waals surface area contributed by atoms with E-state index in [0.29, 0.717) is 17.8 Å². The largest absolute Gasteiger partial charge is 0.321 e. The maximum absolute atomic E-state index is 13.0. The number of amides is 1. The van der Waals surface area contributed by atoms with Crippen LogP contribution in [-0.4, -0.2) is 19.3 Å². The lowest BCUT2D eigenvalue weighted by Gasteiger charge is -2.13. The monoisotopic (exact) mass is 443 g/mol. The predicted molar refractivity (Wildman–Crippen MR) is 125 cm³/mol. The zero-order valence-corrected chi connectivity index (χ0v) is 17.9. The predicted octanol–water partition coefficient (Wildman–Crippen LogP) is 4.73. The van der Waals surface area contributed by atoms with Gasteiger partial charge in [0.15, 0.2) is 0 Å². The van der Waals surface area contributed by atoms with Gasteiger partial charge in [0.1, 0.15) is 5.69 Å². The molecule has 6 nitrogen and oxygen atoms in total. The molecule has 0 unspecified atom stereocenters. The molecule has 32 heavy (non-hydrogen) atoms. The summed E-state index contributed by atoms with van der Waals surface area (Å²) in [6, 6.07) is 28.2. The van der Waals surface area contributed by atoms with Gasteiger partial charge in [-0.1, -0.05) is 54.6 Å². The molecule has 0 saturated heterocycles. The molecule has 0 atom stereocenters. The number of benzene rings is 3. The third-order valence-corrected chi connectivity index (χ3v) is 6.20. The van der Waals surface area contributed by atoms with Crippen molar-refractivity contribution in [2.75, 3.05) is 10.0 Å². The second-order valence-electron chi connectivity index (χ2n) is 7.12. The summed E-state index contributed by atoms with van der Waals surface area (Å²) in [5.74, 6) is -0.367. The number of sulfonamides is 1. The van der Waals surface area contributed by atoms with Crippen molar-refractivity contribution in [1.29, 1.82) is 0 Å². The van der Waals surface area contributed by atoms with Crippen LogP contribution in [0.3, 0.4) is 0 Å². The SMILES string of the molecule is O=C(Nc1ccc(S(=O)(=O)Nc2ccccc2Cc2ccccc2)cc1)c1ccccn1. The van der Waals surface area contributed by atoms with Gasteiger partial charge >= 0.3 is 0 Å². The second kappa shape index (κ2) is 9.45. The molecule has 160 valence electrons. The van der Waals surface area contributed by atoms with E-state index < -0.39 is 10.0 Å². The van der Waals surface area contributed by atoms with Crippen LogP contribution in [0.2, 0.25) is 0 Å². The zero-order chi connectivity index (χ0) is 22.4. The van der Waals surface area contributed by atoms with Crippen molar-refractivity contribution in [1.82, 2.24) is 4.98 Å². The normalized spacial score (nSPS) is 11.0. The maximum atomic E-state index is 13.0. The highest BCUT2D eigenvalue weighted by atomic mass is 32.2. The smallest absolute Gasteiger partial charge is 0.274 e. The first-order chi connectivity index (χ1) is 15.5. The summed E-state index contributed by atoms with van der Waals surface area (Å²) in [5, 5.41) is 2.71. The Morgan fingerprint density at radius 2 is 1.47 bits per heavy atom. The highest BCUT2D eigenvalue weighted by molar-refractivity contribution is 7.92. The van der Waals surface area contributed by atoms with E-state index in [4.69, 9.17) is 0 Å². The van der Waals surface area contributed by atoms with Crippen LogP contribution < -0.4 is 10.0 Å². The molecule has 0 aliphatic carbocycles. The quantitative estimate of drug-likeness (QED) is 0.432. The number of carbonyl (C=O) groups excluding carboxylic acids is 1. The summed E-state index contributed by atoms with van der Waals surface area (Å²) in [6.07, 6.45) is 2.14. The number of hydrogen-bond acceptors (Lipinski definition) is 4. The van der Waals surface area contributed by atoms with E-state index in [1.807, 2.05) is 42.5 Å². The maximum Gasteiger partial charge on any atom is 0.274 e. The van der Waals surface area contributed by atoms with Crippen molar-refractivity contribution in [2.24, 2.45) is 0 Å². The average molecular weight is 444 g/mol.